The van der Waals surface area contributed by atoms with E-state index in [-0.39, 0.29) is 0 Å². The number of benzene rings is 1. The Morgan fingerprint density at radius 1 is 1.23 bits per heavy atom. The lowest BCUT2D eigenvalue weighted by molar-refractivity contribution is 0.130. The van der Waals surface area contributed by atoms with Crippen LogP contribution in [0, 0.1) is 28.6 Å². The van der Waals surface area contributed by atoms with Gasteiger partial charge in [0.2, 0.25) is 5.65 Å². The van der Waals surface area contributed by atoms with Crippen LogP contribution >= 0.6 is 11.6 Å². The van der Waals surface area contributed by atoms with Crippen LogP contribution in [0.5, 0.6) is 5.88 Å². The van der Waals surface area contributed by atoms with Crippen molar-refractivity contribution in [2.45, 2.75) is 19.3 Å². The molecular weight excluding hydrogens is 400 g/mol. The third-order valence-electron chi connectivity index (χ3n) is 5.34. The van der Waals surface area contributed by atoms with Crippen LogP contribution in [-0.2, 0) is 0 Å². The average Bonchev–Trinajstić information content (AvgIpc) is 3.28. The number of nitrogens with zero attached hydrogens (tertiary/aromatic N) is 6. The Morgan fingerprint density at radius 3 is 2.83 bits per heavy atom. The third-order valence-corrected chi connectivity index (χ3v) is 5.70. The Hall–Kier alpha value is -3.13. The van der Waals surface area contributed by atoms with Crippen molar-refractivity contribution in [3.63, 3.8) is 0 Å². The van der Waals surface area contributed by atoms with Gasteiger partial charge in [0.05, 0.1) is 24.3 Å². The summed E-state index contributed by atoms with van der Waals surface area (Å²) in [6, 6.07) is 11.5. The topological polar surface area (TPSA) is 90.2 Å². The standard InChI is InChI=1S/C22H21ClN6O/c23-20-19(18-6-4-16(13-25)5-7-18)27-22(21-26-9-12-29(20)21)30-15-17-3-1-10-28(14-17)11-2-8-24/h4-7,9,12,17H,1-3,10-11,14-15H2/t17-/m1/s1. The minimum absolute atomic E-state index is 0.378. The Kier molecular flexibility index (Phi) is 6.13. The van der Waals surface area contributed by atoms with Crippen molar-refractivity contribution in [1.82, 2.24) is 19.3 Å². The Bertz CT molecular complexity index is 1110. The summed E-state index contributed by atoms with van der Waals surface area (Å²) in [5.74, 6) is 0.821. The number of hydrogen-bond donors (Lipinski definition) is 0. The summed E-state index contributed by atoms with van der Waals surface area (Å²) in [5, 5.41) is 18.3. The highest BCUT2D eigenvalue weighted by atomic mass is 35.5. The normalized spacial score (nSPS) is 16.8. The van der Waals surface area contributed by atoms with Crippen molar-refractivity contribution >= 4 is 17.2 Å². The largest absolute Gasteiger partial charge is 0.475 e. The van der Waals surface area contributed by atoms with Crippen molar-refractivity contribution in [3.8, 4) is 29.3 Å². The van der Waals surface area contributed by atoms with Crippen molar-refractivity contribution in [1.29, 1.82) is 10.5 Å². The van der Waals surface area contributed by atoms with E-state index in [9.17, 15) is 0 Å². The van der Waals surface area contributed by atoms with E-state index in [1.54, 1.807) is 28.9 Å². The predicted molar refractivity (Wildman–Crippen MR) is 113 cm³/mol. The minimum atomic E-state index is 0.378. The fourth-order valence-electron chi connectivity index (χ4n) is 3.81. The van der Waals surface area contributed by atoms with Gasteiger partial charge in [-0.2, -0.15) is 10.5 Å². The molecule has 8 heteroatoms. The number of aromatic nitrogens is 3. The van der Waals surface area contributed by atoms with Crippen molar-refractivity contribution in [3.05, 3.63) is 47.4 Å². The minimum Gasteiger partial charge on any atom is -0.475 e. The molecule has 1 fully saturated rings. The number of rotatable bonds is 6. The second-order valence-corrected chi connectivity index (χ2v) is 7.75. The molecule has 3 heterocycles. The van der Waals surface area contributed by atoms with Crippen molar-refractivity contribution in [2.75, 3.05) is 26.2 Å². The van der Waals surface area contributed by atoms with E-state index in [0.717, 1.165) is 38.0 Å². The maximum Gasteiger partial charge on any atom is 0.259 e. The molecule has 2 aromatic heterocycles. The number of halogens is 1. The van der Waals surface area contributed by atoms with Gasteiger partial charge in [0.25, 0.3) is 5.88 Å². The SMILES string of the molecule is N#CCCN1CCC[C@@H](COc2nc(-c3ccc(C#N)cc3)c(Cl)n3ccnc23)C1. The van der Waals surface area contributed by atoms with Gasteiger partial charge >= 0.3 is 0 Å². The summed E-state index contributed by atoms with van der Waals surface area (Å²) in [7, 11) is 0. The second-order valence-electron chi connectivity index (χ2n) is 7.39. The molecule has 0 aliphatic carbocycles. The van der Waals surface area contributed by atoms with E-state index in [2.05, 4.69) is 27.0 Å². The van der Waals surface area contributed by atoms with Gasteiger partial charge in [-0.25, -0.2) is 9.97 Å². The van der Waals surface area contributed by atoms with E-state index in [1.165, 1.54) is 0 Å². The molecule has 0 radical (unpaired) electrons. The zero-order chi connectivity index (χ0) is 20.9. The van der Waals surface area contributed by atoms with Crippen LogP contribution < -0.4 is 4.74 Å². The van der Waals surface area contributed by atoms with Crippen molar-refractivity contribution < 1.29 is 4.74 Å². The molecule has 1 atom stereocenters. The summed E-state index contributed by atoms with van der Waals surface area (Å²) in [4.78, 5) is 11.4. The number of nitriles is 2. The van der Waals surface area contributed by atoms with Crippen LogP contribution in [0.1, 0.15) is 24.8 Å². The summed E-state index contributed by atoms with van der Waals surface area (Å²) in [5.41, 5.74) is 2.54. The molecule has 4 rings (SSSR count). The maximum absolute atomic E-state index is 9.03. The molecule has 3 aromatic rings. The molecule has 7 nitrogen and oxygen atoms in total. The first-order chi connectivity index (χ1) is 14.7. The predicted octanol–water partition coefficient (Wildman–Crippen LogP) is 3.93. The first-order valence-corrected chi connectivity index (χ1v) is 10.3. The molecule has 0 amide bonds. The van der Waals surface area contributed by atoms with Crippen LogP contribution in [0.15, 0.2) is 36.7 Å². The summed E-state index contributed by atoms with van der Waals surface area (Å²) < 4.78 is 7.90. The van der Waals surface area contributed by atoms with Crippen LogP contribution in [0.3, 0.4) is 0 Å². The van der Waals surface area contributed by atoms with Gasteiger partial charge in [0, 0.05) is 43.4 Å². The fraction of sp³-hybridized carbons (Fsp3) is 0.364. The Labute approximate surface area is 180 Å². The van der Waals surface area contributed by atoms with E-state index < -0.39 is 0 Å². The molecular formula is C22H21ClN6O. The van der Waals surface area contributed by atoms with Gasteiger partial charge in [0.15, 0.2) is 0 Å². The zero-order valence-corrected chi connectivity index (χ0v) is 17.2. The maximum atomic E-state index is 9.03. The molecule has 0 bridgehead atoms. The lowest BCUT2D eigenvalue weighted by atomic mass is 9.99. The fourth-order valence-corrected chi connectivity index (χ4v) is 4.10. The molecule has 0 N–H and O–H groups in total. The molecule has 0 spiro atoms. The van der Waals surface area contributed by atoms with Crippen molar-refractivity contribution in [2.24, 2.45) is 5.92 Å². The van der Waals surface area contributed by atoms with E-state index in [0.29, 0.717) is 46.9 Å². The Balaban J connectivity index is 1.56. The average molecular weight is 421 g/mol. The van der Waals surface area contributed by atoms with E-state index in [4.69, 9.17) is 26.9 Å². The van der Waals surface area contributed by atoms with Gasteiger partial charge in [-0.1, -0.05) is 23.7 Å². The smallest absolute Gasteiger partial charge is 0.259 e. The van der Waals surface area contributed by atoms with Crippen LogP contribution in [0.25, 0.3) is 16.9 Å². The second kappa shape index (κ2) is 9.13. The first kappa shape index (κ1) is 20.2. The van der Waals surface area contributed by atoms with Gasteiger partial charge < -0.3 is 9.64 Å². The molecule has 1 aliphatic heterocycles. The quantitative estimate of drug-likeness (QED) is 0.600. The zero-order valence-electron chi connectivity index (χ0n) is 16.5. The van der Waals surface area contributed by atoms with Crippen LogP contribution in [-0.4, -0.2) is 45.5 Å². The van der Waals surface area contributed by atoms with Gasteiger partial charge in [-0.05, 0) is 31.5 Å². The van der Waals surface area contributed by atoms with Gasteiger partial charge in [-0.3, -0.25) is 4.40 Å². The molecule has 1 aromatic carbocycles. The highest BCUT2D eigenvalue weighted by molar-refractivity contribution is 6.32. The molecule has 30 heavy (non-hydrogen) atoms. The Morgan fingerprint density at radius 2 is 2.07 bits per heavy atom. The summed E-state index contributed by atoms with van der Waals surface area (Å²) >= 11 is 6.59. The highest BCUT2D eigenvalue weighted by Gasteiger charge is 2.22. The first-order valence-electron chi connectivity index (χ1n) is 9.95. The lowest BCUT2D eigenvalue weighted by Gasteiger charge is -2.31. The number of fused-ring (bicyclic) bond motifs is 1. The molecule has 0 unspecified atom stereocenters. The molecule has 152 valence electrons. The number of hydrogen-bond acceptors (Lipinski definition) is 6. The van der Waals surface area contributed by atoms with Gasteiger partial charge in [-0.15, -0.1) is 0 Å². The number of imidazole rings is 1. The lowest BCUT2D eigenvalue weighted by Crippen LogP contribution is -2.38. The number of piperidine rings is 1. The third kappa shape index (κ3) is 4.23. The summed E-state index contributed by atoms with van der Waals surface area (Å²) in [6.07, 6.45) is 6.19. The molecule has 0 saturated carbocycles. The highest BCUT2D eigenvalue weighted by Crippen LogP contribution is 2.31. The van der Waals surface area contributed by atoms with Gasteiger partial charge in [0.1, 0.15) is 10.8 Å². The van der Waals surface area contributed by atoms with Crippen LogP contribution in [0.4, 0.5) is 0 Å². The number of ether oxygens (including phenoxy) is 1. The monoisotopic (exact) mass is 420 g/mol. The number of likely N-dealkylation sites (tertiary alicyclic amines) is 1. The van der Waals surface area contributed by atoms with Crippen LogP contribution in [0.2, 0.25) is 5.15 Å². The van der Waals surface area contributed by atoms with E-state index >= 15 is 0 Å². The molecule has 1 saturated heterocycles. The van der Waals surface area contributed by atoms with E-state index in [1.807, 2.05) is 12.1 Å². The molecule has 1 aliphatic rings. The summed E-state index contributed by atoms with van der Waals surface area (Å²) in [6.45, 7) is 3.29.